The third kappa shape index (κ3) is 22.4. The standard InChI is InChI=1S/C28H55N3O3/c1-4-5-6-7-8-9-10-11-12-13-14-15-16-21-27(33)31-24-19-22-28(34)30-23-18-17-20-26(29-3)25(2)32/h26,29H,4-24H2,1-3H3,(H,30,34)(H,31,33). The van der Waals surface area contributed by atoms with Gasteiger partial charge < -0.3 is 16.0 Å². The zero-order valence-corrected chi connectivity index (χ0v) is 22.7. The van der Waals surface area contributed by atoms with E-state index in [1.54, 1.807) is 14.0 Å². The molecule has 0 radical (unpaired) electrons. The molecule has 0 bridgehead atoms. The molecular weight excluding hydrogens is 426 g/mol. The second-order valence-corrected chi connectivity index (χ2v) is 9.74. The molecule has 0 heterocycles. The molecule has 1 atom stereocenters. The first-order chi connectivity index (χ1) is 16.5. The van der Waals surface area contributed by atoms with E-state index in [2.05, 4.69) is 22.9 Å². The minimum Gasteiger partial charge on any atom is -0.356 e. The van der Waals surface area contributed by atoms with Crippen LogP contribution < -0.4 is 16.0 Å². The van der Waals surface area contributed by atoms with Crippen LogP contribution in [0.4, 0.5) is 0 Å². The lowest BCUT2D eigenvalue weighted by atomic mass is 10.0. The predicted molar refractivity (Wildman–Crippen MR) is 143 cm³/mol. The molecule has 0 aromatic carbocycles. The maximum Gasteiger partial charge on any atom is 0.220 e. The van der Waals surface area contributed by atoms with Gasteiger partial charge in [-0.3, -0.25) is 14.4 Å². The molecule has 0 aromatic rings. The Labute approximate surface area is 210 Å². The van der Waals surface area contributed by atoms with Crippen molar-refractivity contribution in [3.8, 4) is 0 Å². The van der Waals surface area contributed by atoms with Crippen molar-refractivity contribution in [1.29, 1.82) is 0 Å². The summed E-state index contributed by atoms with van der Waals surface area (Å²) in [5, 5.41) is 8.85. The number of hydrogen-bond donors (Lipinski definition) is 3. The predicted octanol–water partition coefficient (Wildman–Crippen LogP) is 5.83. The first-order valence-electron chi connectivity index (χ1n) is 14.2. The van der Waals surface area contributed by atoms with Gasteiger partial charge in [-0.2, -0.15) is 0 Å². The smallest absolute Gasteiger partial charge is 0.220 e. The van der Waals surface area contributed by atoms with Gasteiger partial charge in [0.15, 0.2) is 0 Å². The highest BCUT2D eigenvalue weighted by Crippen LogP contribution is 2.13. The molecule has 0 saturated heterocycles. The number of nitrogens with one attached hydrogen (secondary N) is 3. The molecule has 0 spiro atoms. The Hall–Kier alpha value is -1.43. The Morgan fingerprint density at radius 2 is 1.03 bits per heavy atom. The number of carbonyl (C=O) groups excluding carboxylic acids is 3. The first kappa shape index (κ1) is 32.6. The third-order valence-electron chi connectivity index (χ3n) is 6.49. The van der Waals surface area contributed by atoms with Crippen molar-refractivity contribution in [1.82, 2.24) is 16.0 Å². The maximum absolute atomic E-state index is 11.9. The van der Waals surface area contributed by atoms with Gasteiger partial charge in [0.05, 0.1) is 6.04 Å². The van der Waals surface area contributed by atoms with Crippen LogP contribution in [0.5, 0.6) is 0 Å². The Kier molecular flexibility index (Phi) is 23.6. The average Bonchev–Trinajstić information content (AvgIpc) is 2.81. The van der Waals surface area contributed by atoms with Crippen LogP contribution in [0.1, 0.15) is 136 Å². The van der Waals surface area contributed by atoms with Gasteiger partial charge in [0, 0.05) is 25.9 Å². The van der Waals surface area contributed by atoms with Gasteiger partial charge in [-0.05, 0) is 46.1 Å². The lowest BCUT2D eigenvalue weighted by Crippen LogP contribution is -2.32. The molecule has 6 heteroatoms. The van der Waals surface area contributed by atoms with Crippen LogP contribution in [-0.4, -0.2) is 43.8 Å². The summed E-state index contributed by atoms with van der Waals surface area (Å²) in [6, 6.07) is -0.0842. The van der Waals surface area contributed by atoms with E-state index in [9.17, 15) is 14.4 Å². The number of ketones is 1. The average molecular weight is 482 g/mol. The molecule has 34 heavy (non-hydrogen) atoms. The quantitative estimate of drug-likeness (QED) is 0.143. The molecule has 6 nitrogen and oxygen atoms in total. The maximum atomic E-state index is 11.9. The van der Waals surface area contributed by atoms with Gasteiger partial charge in [0.1, 0.15) is 5.78 Å². The Balaban J connectivity index is 3.38. The second kappa shape index (κ2) is 24.7. The summed E-state index contributed by atoms with van der Waals surface area (Å²) in [6.45, 7) is 5.06. The summed E-state index contributed by atoms with van der Waals surface area (Å²) in [7, 11) is 1.80. The molecule has 200 valence electrons. The van der Waals surface area contributed by atoms with Gasteiger partial charge in [0.2, 0.25) is 11.8 Å². The van der Waals surface area contributed by atoms with Gasteiger partial charge >= 0.3 is 0 Å². The third-order valence-corrected chi connectivity index (χ3v) is 6.49. The molecule has 0 rings (SSSR count). The van der Waals surface area contributed by atoms with Crippen LogP contribution in [-0.2, 0) is 14.4 Å². The SMILES string of the molecule is CCCCCCCCCCCCCCCC(=O)NCCCC(=O)NCCCCC(NC)C(C)=O. The van der Waals surface area contributed by atoms with E-state index in [-0.39, 0.29) is 23.6 Å². The highest BCUT2D eigenvalue weighted by molar-refractivity contribution is 5.81. The Bertz CT molecular complexity index is 511. The molecule has 3 N–H and O–H groups in total. The largest absolute Gasteiger partial charge is 0.356 e. The van der Waals surface area contributed by atoms with Gasteiger partial charge in [-0.25, -0.2) is 0 Å². The monoisotopic (exact) mass is 481 g/mol. The summed E-state index contributed by atoms with van der Waals surface area (Å²) in [5.41, 5.74) is 0. The molecule has 0 saturated carbocycles. The lowest BCUT2D eigenvalue weighted by Gasteiger charge is -2.12. The summed E-state index contributed by atoms with van der Waals surface area (Å²) in [5.74, 6) is 0.290. The summed E-state index contributed by atoms with van der Waals surface area (Å²) >= 11 is 0. The molecule has 0 aliphatic rings. The molecule has 0 aliphatic heterocycles. The lowest BCUT2D eigenvalue weighted by molar-refractivity contribution is -0.123. The number of Topliss-reactive ketones (excluding diaryl/α,β-unsaturated/α-hetero) is 1. The van der Waals surface area contributed by atoms with E-state index in [0.29, 0.717) is 32.4 Å². The number of carbonyl (C=O) groups is 3. The molecular formula is C28H55N3O3. The van der Waals surface area contributed by atoms with Crippen molar-refractivity contribution in [2.24, 2.45) is 0 Å². The molecule has 0 fully saturated rings. The van der Waals surface area contributed by atoms with Crippen LogP contribution in [0.25, 0.3) is 0 Å². The van der Waals surface area contributed by atoms with Crippen molar-refractivity contribution >= 4 is 17.6 Å². The van der Waals surface area contributed by atoms with E-state index in [1.807, 2.05) is 0 Å². The van der Waals surface area contributed by atoms with Gasteiger partial charge in [-0.1, -0.05) is 84.0 Å². The number of rotatable bonds is 25. The number of likely N-dealkylation sites (N-methyl/N-ethyl adjacent to an activating group) is 1. The molecule has 1 unspecified atom stereocenters. The van der Waals surface area contributed by atoms with Crippen LogP contribution in [0.2, 0.25) is 0 Å². The molecule has 0 aliphatic carbocycles. The number of hydrogen-bond acceptors (Lipinski definition) is 4. The number of amides is 2. The van der Waals surface area contributed by atoms with E-state index in [1.165, 1.54) is 70.6 Å². The van der Waals surface area contributed by atoms with Crippen molar-refractivity contribution in [2.75, 3.05) is 20.1 Å². The minimum atomic E-state index is -0.0842. The van der Waals surface area contributed by atoms with E-state index >= 15 is 0 Å². The topological polar surface area (TPSA) is 87.3 Å². The zero-order valence-electron chi connectivity index (χ0n) is 22.7. The fourth-order valence-electron chi connectivity index (χ4n) is 4.21. The van der Waals surface area contributed by atoms with E-state index in [0.717, 1.165) is 32.1 Å². The van der Waals surface area contributed by atoms with Crippen molar-refractivity contribution in [3.05, 3.63) is 0 Å². The van der Waals surface area contributed by atoms with Crippen LogP contribution in [0.3, 0.4) is 0 Å². The number of unbranched alkanes of at least 4 members (excludes halogenated alkanes) is 13. The fraction of sp³-hybridized carbons (Fsp3) is 0.893. The second-order valence-electron chi connectivity index (χ2n) is 9.74. The van der Waals surface area contributed by atoms with E-state index < -0.39 is 0 Å². The van der Waals surface area contributed by atoms with Crippen LogP contribution >= 0.6 is 0 Å². The summed E-state index contributed by atoms with van der Waals surface area (Å²) in [4.78, 5) is 35.1. The first-order valence-corrected chi connectivity index (χ1v) is 14.2. The highest BCUT2D eigenvalue weighted by Gasteiger charge is 2.10. The Morgan fingerprint density at radius 1 is 0.588 bits per heavy atom. The van der Waals surface area contributed by atoms with Crippen molar-refractivity contribution in [3.63, 3.8) is 0 Å². The van der Waals surface area contributed by atoms with Crippen LogP contribution in [0.15, 0.2) is 0 Å². The minimum absolute atomic E-state index is 0.0301. The van der Waals surface area contributed by atoms with Gasteiger partial charge in [0.25, 0.3) is 0 Å². The van der Waals surface area contributed by atoms with Crippen molar-refractivity contribution in [2.45, 2.75) is 142 Å². The highest BCUT2D eigenvalue weighted by atomic mass is 16.2. The van der Waals surface area contributed by atoms with E-state index in [4.69, 9.17) is 0 Å². The molecule has 2 amide bonds. The van der Waals surface area contributed by atoms with Crippen molar-refractivity contribution < 1.29 is 14.4 Å². The summed E-state index contributed by atoms with van der Waals surface area (Å²) in [6.07, 6.45) is 21.3. The fourth-order valence-corrected chi connectivity index (χ4v) is 4.21. The van der Waals surface area contributed by atoms with Crippen LogP contribution in [0, 0.1) is 0 Å². The zero-order chi connectivity index (χ0) is 25.3. The Morgan fingerprint density at radius 3 is 1.50 bits per heavy atom. The molecule has 0 aromatic heterocycles. The normalized spacial score (nSPS) is 11.9. The van der Waals surface area contributed by atoms with Gasteiger partial charge in [-0.15, -0.1) is 0 Å². The summed E-state index contributed by atoms with van der Waals surface area (Å²) < 4.78 is 0.